The number of ether oxygens (including phenoxy) is 1. The highest BCUT2D eigenvalue weighted by molar-refractivity contribution is 6.31. The largest absolute Gasteiger partial charge is 0.495 e. The van der Waals surface area contributed by atoms with E-state index < -0.39 is 0 Å². The normalized spacial score (nSPS) is 14.0. The average molecular weight is 396 g/mol. The van der Waals surface area contributed by atoms with E-state index in [9.17, 15) is 4.79 Å². The fraction of sp³-hybridized carbons (Fsp3) is 0.273. The van der Waals surface area contributed by atoms with Crippen LogP contribution < -0.4 is 10.1 Å². The van der Waals surface area contributed by atoms with Crippen LogP contribution in [0.25, 0.3) is 10.9 Å². The fourth-order valence-electron chi connectivity index (χ4n) is 3.74. The number of hydrogen-bond donors (Lipinski definition) is 1. The minimum atomic E-state index is -0.173. The molecule has 0 bridgehead atoms. The first-order valence-corrected chi connectivity index (χ1v) is 9.76. The zero-order valence-electron chi connectivity index (χ0n) is 16.0. The number of carbonyl (C=O) groups is 1. The fourth-order valence-corrected chi connectivity index (χ4v) is 3.91. The lowest BCUT2D eigenvalue weighted by Crippen LogP contribution is -2.33. The molecule has 2 heterocycles. The molecule has 1 aliphatic rings. The number of rotatable bonds is 4. The lowest BCUT2D eigenvalue weighted by Gasteiger charge is -2.29. The third-order valence-electron chi connectivity index (χ3n) is 5.21. The minimum Gasteiger partial charge on any atom is -0.495 e. The van der Waals surface area contributed by atoms with Gasteiger partial charge in [0.25, 0.3) is 5.91 Å². The highest BCUT2D eigenvalue weighted by atomic mass is 35.5. The Morgan fingerprint density at radius 1 is 1.29 bits per heavy atom. The van der Waals surface area contributed by atoms with Crippen molar-refractivity contribution in [3.05, 3.63) is 64.3 Å². The standard InChI is InChI=1S/C22H22ClN3O2/c1-3-26-11-10-18-16(13-26)21(15-6-4-5-7-17(15)24-18)22(27)25-19-12-14(23)8-9-20(19)28-2/h4-9,12H,3,10-11,13H2,1-2H3,(H,25,27). The second-order valence-corrected chi connectivity index (χ2v) is 7.28. The summed E-state index contributed by atoms with van der Waals surface area (Å²) in [5.41, 5.74) is 4.09. The van der Waals surface area contributed by atoms with E-state index in [2.05, 4.69) is 17.1 Å². The van der Waals surface area contributed by atoms with E-state index in [4.69, 9.17) is 21.3 Å². The van der Waals surface area contributed by atoms with Crippen molar-refractivity contribution in [3.63, 3.8) is 0 Å². The third kappa shape index (κ3) is 3.43. The first kappa shape index (κ1) is 18.7. The molecule has 0 saturated heterocycles. The molecule has 6 heteroatoms. The van der Waals surface area contributed by atoms with Gasteiger partial charge in [0, 0.05) is 41.2 Å². The van der Waals surface area contributed by atoms with Gasteiger partial charge < -0.3 is 10.1 Å². The van der Waals surface area contributed by atoms with Crippen molar-refractivity contribution in [1.29, 1.82) is 0 Å². The molecule has 0 saturated carbocycles. The summed E-state index contributed by atoms with van der Waals surface area (Å²) < 4.78 is 5.38. The van der Waals surface area contributed by atoms with Gasteiger partial charge >= 0.3 is 0 Å². The molecule has 0 radical (unpaired) electrons. The maximum atomic E-state index is 13.4. The van der Waals surface area contributed by atoms with Crippen LogP contribution in [0.1, 0.15) is 28.5 Å². The quantitative estimate of drug-likeness (QED) is 0.705. The van der Waals surface area contributed by atoms with Crippen molar-refractivity contribution in [2.75, 3.05) is 25.5 Å². The number of nitrogens with zero attached hydrogens (tertiary/aromatic N) is 2. The Morgan fingerprint density at radius 3 is 2.89 bits per heavy atom. The van der Waals surface area contributed by atoms with Crippen LogP contribution in [0.15, 0.2) is 42.5 Å². The van der Waals surface area contributed by atoms with Gasteiger partial charge in [0.05, 0.1) is 23.9 Å². The number of likely N-dealkylation sites (N-methyl/N-ethyl adjacent to an activating group) is 1. The number of nitrogens with one attached hydrogen (secondary N) is 1. The second-order valence-electron chi connectivity index (χ2n) is 6.85. The molecule has 1 aliphatic heterocycles. The number of carbonyl (C=O) groups excluding carboxylic acids is 1. The van der Waals surface area contributed by atoms with Crippen LogP contribution in [0.2, 0.25) is 5.02 Å². The number of hydrogen-bond acceptors (Lipinski definition) is 4. The molecule has 0 fully saturated rings. The van der Waals surface area contributed by atoms with Crippen molar-refractivity contribution in [2.45, 2.75) is 19.9 Å². The highest BCUT2D eigenvalue weighted by Gasteiger charge is 2.25. The third-order valence-corrected chi connectivity index (χ3v) is 5.44. The van der Waals surface area contributed by atoms with Crippen LogP contribution in [-0.2, 0) is 13.0 Å². The van der Waals surface area contributed by atoms with Crippen LogP contribution in [-0.4, -0.2) is 36.0 Å². The summed E-state index contributed by atoms with van der Waals surface area (Å²) in [6.45, 7) is 4.75. The van der Waals surface area contributed by atoms with Gasteiger partial charge in [0.2, 0.25) is 0 Å². The number of amides is 1. The topological polar surface area (TPSA) is 54.5 Å². The molecule has 1 amide bonds. The van der Waals surface area contributed by atoms with Crippen molar-refractivity contribution in [2.24, 2.45) is 0 Å². The van der Waals surface area contributed by atoms with E-state index in [1.165, 1.54) is 0 Å². The zero-order valence-corrected chi connectivity index (χ0v) is 16.7. The predicted molar refractivity (Wildman–Crippen MR) is 112 cm³/mol. The number of benzene rings is 2. The monoisotopic (exact) mass is 395 g/mol. The minimum absolute atomic E-state index is 0.173. The number of fused-ring (bicyclic) bond motifs is 2. The summed E-state index contributed by atoms with van der Waals surface area (Å²) in [5, 5.41) is 4.39. The van der Waals surface area contributed by atoms with Gasteiger partial charge in [0.1, 0.15) is 5.75 Å². The Kier molecular flexibility index (Phi) is 5.20. The molecule has 3 aromatic rings. The van der Waals surface area contributed by atoms with Crippen molar-refractivity contribution in [1.82, 2.24) is 9.88 Å². The Bertz CT molecular complexity index is 1050. The van der Waals surface area contributed by atoms with Crippen LogP contribution in [0.4, 0.5) is 5.69 Å². The van der Waals surface area contributed by atoms with Crippen molar-refractivity contribution < 1.29 is 9.53 Å². The van der Waals surface area contributed by atoms with Gasteiger partial charge in [-0.15, -0.1) is 0 Å². The predicted octanol–water partition coefficient (Wildman–Crippen LogP) is 4.53. The Hall–Kier alpha value is -2.63. The van der Waals surface area contributed by atoms with Crippen molar-refractivity contribution in [3.8, 4) is 5.75 Å². The van der Waals surface area contributed by atoms with Gasteiger partial charge in [0.15, 0.2) is 0 Å². The maximum absolute atomic E-state index is 13.4. The Morgan fingerprint density at radius 2 is 2.11 bits per heavy atom. The number of anilines is 1. The molecule has 1 aromatic heterocycles. The van der Waals surface area contributed by atoms with E-state index in [-0.39, 0.29) is 5.91 Å². The summed E-state index contributed by atoms with van der Waals surface area (Å²) >= 11 is 6.13. The summed E-state index contributed by atoms with van der Waals surface area (Å²) in [5.74, 6) is 0.397. The summed E-state index contributed by atoms with van der Waals surface area (Å²) in [6, 6.07) is 13.0. The first-order valence-electron chi connectivity index (χ1n) is 9.38. The van der Waals surface area contributed by atoms with Crippen molar-refractivity contribution >= 4 is 34.1 Å². The van der Waals surface area contributed by atoms with Crippen LogP contribution in [0.3, 0.4) is 0 Å². The summed E-state index contributed by atoms with van der Waals surface area (Å²) in [6.07, 6.45) is 0.842. The zero-order chi connectivity index (χ0) is 19.7. The van der Waals surface area contributed by atoms with Gasteiger partial charge in [-0.2, -0.15) is 0 Å². The van der Waals surface area contributed by atoms with Gasteiger partial charge in [-0.3, -0.25) is 14.7 Å². The lowest BCUT2D eigenvalue weighted by molar-refractivity contribution is 0.102. The number of methoxy groups -OCH3 is 1. The molecule has 2 aromatic carbocycles. The van der Waals surface area contributed by atoms with Gasteiger partial charge in [-0.1, -0.05) is 36.7 Å². The molecule has 0 unspecified atom stereocenters. The molecule has 0 aliphatic carbocycles. The van der Waals surface area contributed by atoms with E-state index in [1.54, 1.807) is 25.3 Å². The van der Waals surface area contributed by atoms with E-state index in [0.29, 0.717) is 22.0 Å². The Labute approximate surface area is 169 Å². The highest BCUT2D eigenvalue weighted by Crippen LogP contribution is 2.32. The molecule has 0 spiro atoms. The number of pyridine rings is 1. The molecular weight excluding hydrogens is 374 g/mol. The number of para-hydroxylation sites is 1. The van der Waals surface area contributed by atoms with Crippen LogP contribution >= 0.6 is 11.6 Å². The van der Waals surface area contributed by atoms with E-state index >= 15 is 0 Å². The molecule has 1 N–H and O–H groups in total. The number of halogens is 1. The Balaban J connectivity index is 1.83. The van der Waals surface area contributed by atoms with E-state index in [1.807, 2.05) is 24.3 Å². The van der Waals surface area contributed by atoms with Gasteiger partial charge in [-0.05, 0) is 30.8 Å². The first-order chi connectivity index (χ1) is 13.6. The molecule has 144 valence electrons. The lowest BCUT2D eigenvalue weighted by atomic mass is 9.95. The summed E-state index contributed by atoms with van der Waals surface area (Å²) in [7, 11) is 1.57. The smallest absolute Gasteiger partial charge is 0.256 e. The van der Waals surface area contributed by atoms with Crippen LogP contribution in [0, 0.1) is 0 Å². The second kappa shape index (κ2) is 7.78. The SMILES string of the molecule is CCN1CCc2nc3ccccc3c(C(=O)Nc3cc(Cl)ccc3OC)c2C1. The molecular formula is C22H22ClN3O2. The molecule has 4 rings (SSSR count). The average Bonchev–Trinajstić information content (AvgIpc) is 2.71. The number of aromatic nitrogens is 1. The van der Waals surface area contributed by atoms with Gasteiger partial charge in [-0.25, -0.2) is 0 Å². The summed E-state index contributed by atoms with van der Waals surface area (Å²) in [4.78, 5) is 20.6. The van der Waals surface area contributed by atoms with Crippen LogP contribution in [0.5, 0.6) is 5.75 Å². The molecule has 0 atom stereocenters. The maximum Gasteiger partial charge on any atom is 0.256 e. The molecule has 5 nitrogen and oxygen atoms in total. The van der Waals surface area contributed by atoms with E-state index in [0.717, 1.165) is 48.2 Å². The molecule has 28 heavy (non-hydrogen) atoms.